The summed E-state index contributed by atoms with van der Waals surface area (Å²) in [6.07, 6.45) is 0. The number of halogens is 1. The lowest BCUT2D eigenvalue weighted by atomic mass is 10.4. The van der Waals surface area contributed by atoms with Crippen molar-refractivity contribution in [1.29, 1.82) is 0 Å². The Hall–Kier alpha value is -1.47. The van der Waals surface area contributed by atoms with Crippen LogP contribution in [0.25, 0.3) is 0 Å². The van der Waals surface area contributed by atoms with Gasteiger partial charge in [0, 0.05) is 0 Å². The molecule has 3 aromatic rings. The standard InChI is InChI=1S/C19H18P.BrH.H3N/c1-20(17-11-5-2-6-12-17,18-13-7-3-8-14-18)19-15-9-4-10-16-19;;/h2-16H,1H3;1H;1H3/q+1;;. The molecule has 114 valence electrons. The highest BCUT2D eigenvalue weighted by Gasteiger charge is 2.39. The molecule has 0 heterocycles. The third kappa shape index (κ3) is 3.47. The zero-order chi connectivity index (χ0) is 13.8. The summed E-state index contributed by atoms with van der Waals surface area (Å²) in [7, 11) is -1.53. The van der Waals surface area contributed by atoms with E-state index in [1.807, 2.05) is 0 Å². The van der Waals surface area contributed by atoms with Crippen LogP contribution in [-0.4, -0.2) is 6.66 Å². The summed E-state index contributed by atoms with van der Waals surface area (Å²) >= 11 is 0. The Morgan fingerprint density at radius 3 is 0.955 bits per heavy atom. The fourth-order valence-corrected chi connectivity index (χ4v) is 5.83. The summed E-state index contributed by atoms with van der Waals surface area (Å²) in [5.41, 5.74) is 0. The summed E-state index contributed by atoms with van der Waals surface area (Å²) < 4.78 is 0. The first-order chi connectivity index (χ1) is 9.82. The fourth-order valence-electron chi connectivity index (χ4n) is 2.63. The molecule has 3 rings (SSSR count). The van der Waals surface area contributed by atoms with E-state index in [0.717, 1.165) is 0 Å². The molecule has 3 N–H and O–H groups in total. The highest BCUT2D eigenvalue weighted by atomic mass is 79.9. The van der Waals surface area contributed by atoms with Crippen LogP contribution in [0.1, 0.15) is 0 Å². The number of hydrogen-bond acceptors (Lipinski definition) is 1. The van der Waals surface area contributed by atoms with E-state index in [9.17, 15) is 0 Å². The first kappa shape index (κ1) is 18.6. The van der Waals surface area contributed by atoms with Crippen LogP contribution in [0.3, 0.4) is 0 Å². The number of hydrogen-bond donors (Lipinski definition) is 1. The minimum Gasteiger partial charge on any atom is -0.344 e. The van der Waals surface area contributed by atoms with Gasteiger partial charge in [-0.1, -0.05) is 54.6 Å². The van der Waals surface area contributed by atoms with Crippen molar-refractivity contribution in [3.63, 3.8) is 0 Å². The van der Waals surface area contributed by atoms with Crippen LogP contribution in [0, 0.1) is 0 Å². The lowest BCUT2D eigenvalue weighted by Crippen LogP contribution is -2.30. The van der Waals surface area contributed by atoms with Crippen molar-refractivity contribution < 1.29 is 0 Å². The van der Waals surface area contributed by atoms with Gasteiger partial charge in [-0.2, -0.15) is 0 Å². The Balaban J connectivity index is 0.00000121. The van der Waals surface area contributed by atoms with Crippen LogP contribution in [0.2, 0.25) is 0 Å². The predicted molar refractivity (Wildman–Crippen MR) is 106 cm³/mol. The highest BCUT2D eigenvalue weighted by Crippen LogP contribution is 2.51. The van der Waals surface area contributed by atoms with Crippen molar-refractivity contribution in [2.24, 2.45) is 0 Å². The third-order valence-corrected chi connectivity index (χ3v) is 7.81. The van der Waals surface area contributed by atoms with Gasteiger partial charge in [-0.15, -0.1) is 17.0 Å². The normalized spacial score (nSPS) is 10.2. The summed E-state index contributed by atoms with van der Waals surface area (Å²) in [5.74, 6) is 0. The minimum absolute atomic E-state index is 0. The molecule has 22 heavy (non-hydrogen) atoms. The molecular weight excluding hydrogens is 353 g/mol. The Morgan fingerprint density at radius 2 is 0.727 bits per heavy atom. The van der Waals surface area contributed by atoms with Gasteiger partial charge in [-0.3, -0.25) is 0 Å². The molecule has 0 unspecified atom stereocenters. The van der Waals surface area contributed by atoms with E-state index in [4.69, 9.17) is 0 Å². The van der Waals surface area contributed by atoms with E-state index in [2.05, 4.69) is 97.7 Å². The van der Waals surface area contributed by atoms with Crippen molar-refractivity contribution in [2.75, 3.05) is 6.66 Å². The van der Waals surface area contributed by atoms with Crippen molar-refractivity contribution in [1.82, 2.24) is 6.15 Å². The Labute approximate surface area is 144 Å². The van der Waals surface area contributed by atoms with Crippen LogP contribution in [-0.2, 0) is 0 Å². The highest BCUT2D eigenvalue weighted by molar-refractivity contribution is 8.93. The maximum absolute atomic E-state index is 2.41. The molecule has 3 aromatic carbocycles. The average Bonchev–Trinajstić information content (AvgIpc) is 2.56. The van der Waals surface area contributed by atoms with E-state index in [1.165, 1.54) is 15.9 Å². The van der Waals surface area contributed by atoms with Crippen LogP contribution in [0.5, 0.6) is 0 Å². The molecule has 0 saturated heterocycles. The summed E-state index contributed by atoms with van der Waals surface area (Å²) in [4.78, 5) is 0. The van der Waals surface area contributed by atoms with Crippen LogP contribution in [0.4, 0.5) is 0 Å². The minimum atomic E-state index is -1.53. The lowest BCUT2D eigenvalue weighted by Gasteiger charge is -2.22. The molecule has 0 aromatic heterocycles. The molecule has 0 amide bonds. The van der Waals surface area contributed by atoms with Crippen LogP contribution < -0.4 is 22.1 Å². The molecule has 0 saturated carbocycles. The van der Waals surface area contributed by atoms with Gasteiger partial charge in [0.25, 0.3) is 0 Å². The Kier molecular flexibility index (Phi) is 6.96. The molecule has 0 aliphatic heterocycles. The SMILES string of the molecule is Br.C[P+](c1ccccc1)(c1ccccc1)c1ccccc1.N. The fraction of sp³-hybridized carbons (Fsp3) is 0.0526. The molecule has 0 atom stereocenters. The maximum atomic E-state index is 2.41. The first-order valence-electron chi connectivity index (χ1n) is 6.85. The number of benzene rings is 3. The van der Waals surface area contributed by atoms with Gasteiger partial charge in [-0.05, 0) is 36.4 Å². The average molecular weight is 375 g/mol. The van der Waals surface area contributed by atoms with Gasteiger partial charge < -0.3 is 6.15 Å². The molecule has 0 fully saturated rings. The van der Waals surface area contributed by atoms with Crippen molar-refractivity contribution in [3.8, 4) is 0 Å². The summed E-state index contributed by atoms with van der Waals surface area (Å²) in [6.45, 7) is 2.41. The molecule has 0 radical (unpaired) electrons. The molecule has 0 spiro atoms. The van der Waals surface area contributed by atoms with E-state index in [-0.39, 0.29) is 23.1 Å². The molecule has 3 heteroatoms. The first-order valence-corrected chi connectivity index (χ1v) is 9.09. The largest absolute Gasteiger partial charge is 0.344 e. The van der Waals surface area contributed by atoms with E-state index in [0.29, 0.717) is 0 Å². The van der Waals surface area contributed by atoms with Crippen molar-refractivity contribution in [2.45, 2.75) is 0 Å². The van der Waals surface area contributed by atoms with E-state index < -0.39 is 7.26 Å². The van der Waals surface area contributed by atoms with Gasteiger partial charge >= 0.3 is 0 Å². The smallest absolute Gasteiger partial charge is 0.109 e. The second-order valence-electron chi connectivity index (χ2n) is 5.01. The molecule has 0 aliphatic carbocycles. The van der Waals surface area contributed by atoms with Gasteiger partial charge in [0.2, 0.25) is 0 Å². The van der Waals surface area contributed by atoms with Crippen molar-refractivity contribution in [3.05, 3.63) is 91.0 Å². The summed E-state index contributed by atoms with van der Waals surface area (Å²) in [5, 5.41) is 4.28. The zero-order valence-electron chi connectivity index (χ0n) is 12.7. The summed E-state index contributed by atoms with van der Waals surface area (Å²) in [6, 6.07) is 32.6. The molecular formula is C19H22BrNP+. The topological polar surface area (TPSA) is 35.0 Å². The zero-order valence-corrected chi connectivity index (χ0v) is 15.3. The number of rotatable bonds is 3. The van der Waals surface area contributed by atoms with Gasteiger partial charge in [-0.25, -0.2) is 0 Å². The van der Waals surface area contributed by atoms with Gasteiger partial charge in [0.15, 0.2) is 0 Å². The van der Waals surface area contributed by atoms with Gasteiger partial charge in [0.1, 0.15) is 23.2 Å². The van der Waals surface area contributed by atoms with Crippen molar-refractivity contribution >= 4 is 40.2 Å². The molecule has 0 bridgehead atoms. The van der Waals surface area contributed by atoms with Crippen LogP contribution >= 0.6 is 24.2 Å². The second-order valence-corrected chi connectivity index (χ2v) is 8.57. The third-order valence-electron chi connectivity index (χ3n) is 3.82. The van der Waals surface area contributed by atoms with Gasteiger partial charge in [0.05, 0.1) is 6.66 Å². The second kappa shape index (κ2) is 8.24. The molecule has 1 nitrogen and oxygen atoms in total. The van der Waals surface area contributed by atoms with Crippen LogP contribution in [0.15, 0.2) is 91.0 Å². The lowest BCUT2D eigenvalue weighted by molar-refractivity contribution is 1.72. The van der Waals surface area contributed by atoms with E-state index >= 15 is 0 Å². The predicted octanol–water partition coefficient (Wildman–Crippen LogP) is 4.35. The maximum Gasteiger partial charge on any atom is 0.109 e. The Bertz CT molecular complexity index is 575. The Morgan fingerprint density at radius 1 is 0.500 bits per heavy atom. The monoisotopic (exact) mass is 374 g/mol. The molecule has 0 aliphatic rings. The van der Waals surface area contributed by atoms with E-state index in [1.54, 1.807) is 0 Å². The quantitative estimate of drug-likeness (QED) is 0.679.